The van der Waals surface area contributed by atoms with Crippen molar-refractivity contribution in [3.05, 3.63) is 36.7 Å². The van der Waals surface area contributed by atoms with Gasteiger partial charge in [0.2, 0.25) is 0 Å². The fourth-order valence-electron chi connectivity index (χ4n) is 2.33. The monoisotopic (exact) mass is 590 g/mol. The molecule has 1 aliphatic heterocycles. The van der Waals surface area contributed by atoms with E-state index in [0.717, 1.165) is 20.5 Å². The molecule has 1 amide bonds. The number of amides is 1. The molecule has 0 saturated carbocycles. The first-order valence-corrected chi connectivity index (χ1v) is 10.4. The van der Waals surface area contributed by atoms with Gasteiger partial charge in [-0.15, -0.1) is 0 Å². The van der Waals surface area contributed by atoms with E-state index in [0.29, 0.717) is 23.9 Å². The van der Waals surface area contributed by atoms with E-state index in [9.17, 15) is 4.79 Å². The van der Waals surface area contributed by atoms with Crippen molar-refractivity contribution >= 4 is 68.6 Å². The van der Waals surface area contributed by atoms with Crippen LogP contribution in [0.3, 0.4) is 0 Å². The summed E-state index contributed by atoms with van der Waals surface area (Å²) in [6.07, 6.45) is -0.415. The third kappa shape index (κ3) is 6.14. The van der Waals surface area contributed by atoms with Crippen LogP contribution in [0.2, 0.25) is 5.02 Å². The zero-order chi connectivity index (χ0) is 18.6. The van der Waals surface area contributed by atoms with Crippen molar-refractivity contribution in [1.29, 1.82) is 0 Å². The molecular weight excluding hydrogens is 569 g/mol. The average Bonchev–Trinajstić information content (AvgIpc) is 2.52. The number of ether oxygens (including phenoxy) is 2. The van der Waals surface area contributed by atoms with Crippen molar-refractivity contribution in [1.82, 2.24) is 4.90 Å². The normalized spacial score (nSPS) is 14.9. The minimum atomic E-state index is -0.589. The summed E-state index contributed by atoms with van der Waals surface area (Å²) in [6.45, 7) is 8.28. The minimum Gasteiger partial charge on any atom is -0.443 e. The van der Waals surface area contributed by atoms with Crippen molar-refractivity contribution in [2.45, 2.75) is 26.4 Å². The summed E-state index contributed by atoms with van der Waals surface area (Å²) < 4.78 is 12.1. The highest BCUT2D eigenvalue weighted by atomic mass is 127. The lowest BCUT2D eigenvalue weighted by atomic mass is 10.2. The van der Waals surface area contributed by atoms with Crippen LogP contribution >= 0.6 is 56.8 Å². The highest BCUT2D eigenvalue weighted by Crippen LogP contribution is 2.32. The Bertz CT molecular complexity index is 634. The second-order valence-corrected chi connectivity index (χ2v) is 11.1. The Balaban J connectivity index is 2.46. The molecule has 5 nitrogen and oxygen atoms in total. The molecule has 1 aromatic rings. The van der Waals surface area contributed by atoms with E-state index in [-0.39, 0.29) is 0 Å². The molecule has 1 heterocycles. The van der Waals surface area contributed by atoms with Gasteiger partial charge < -0.3 is 14.4 Å². The molecular formula is C17H21ClI2N2O3. The van der Waals surface area contributed by atoms with Crippen LogP contribution in [0.5, 0.6) is 0 Å². The lowest BCUT2D eigenvalue weighted by Gasteiger charge is -2.37. The van der Waals surface area contributed by atoms with Crippen molar-refractivity contribution in [2.75, 3.05) is 31.2 Å². The molecule has 0 aliphatic carbocycles. The number of benzene rings is 1. The van der Waals surface area contributed by atoms with Crippen LogP contribution in [-0.2, 0) is 9.47 Å². The third-order valence-electron chi connectivity index (χ3n) is 3.35. The first-order valence-electron chi connectivity index (χ1n) is 7.85. The summed E-state index contributed by atoms with van der Waals surface area (Å²) in [4.78, 5) is 16.8. The molecule has 1 aromatic carbocycles. The Morgan fingerprint density at radius 1 is 1.20 bits per heavy atom. The second-order valence-electron chi connectivity index (χ2n) is 6.48. The van der Waals surface area contributed by atoms with Gasteiger partial charge in [-0.1, -0.05) is 11.6 Å². The van der Waals surface area contributed by atoms with Gasteiger partial charge in [-0.2, -0.15) is 0 Å². The van der Waals surface area contributed by atoms with E-state index >= 15 is 0 Å². The summed E-state index contributed by atoms with van der Waals surface area (Å²) in [7, 11) is 0. The molecule has 0 spiro atoms. The zero-order valence-electron chi connectivity index (χ0n) is 14.4. The number of carbonyl (C=O) groups is 1. The summed E-state index contributed by atoms with van der Waals surface area (Å²) in [6, 6.07) is 7.18. The number of nitrogens with zero attached hydrogens (tertiary/aromatic N) is 2. The van der Waals surface area contributed by atoms with Crippen molar-refractivity contribution in [3.8, 4) is 0 Å². The van der Waals surface area contributed by atoms with Crippen molar-refractivity contribution < 1.29 is 14.3 Å². The Morgan fingerprint density at radius 2 is 1.76 bits per heavy atom. The van der Waals surface area contributed by atoms with Gasteiger partial charge in [0.05, 0.1) is 20.5 Å². The first-order chi connectivity index (χ1) is 11.7. The van der Waals surface area contributed by atoms with Crippen molar-refractivity contribution in [3.63, 3.8) is 0 Å². The molecule has 8 heteroatoms. The number of carbonyl (C=O) groups excluding carboxylic acids is 1. The number of morpholine rings is 1. The van der Waals surface area contributed by atoms with Gasteiger partial charge in [0.15, 0.2) is 0 Å². The van der Waals surface area contributed by atoms with Gasteiger partial charge in [-0.25, -0.2) is 9.69 Å². The Kier molecular flexibility index (Phi) is 7.66. The van der Waals surface area contributed by atoms with Crippen molar-refractivity contribution in [2.24, 2.45) is 0 Å². The summed E-state index contributed by atoms with van der Waals surface area (Å²) in [5.41, 5.74) is 0.125. The molecule has 0 bridgehead atoms. The third-order valence-corrected chi connectivity index (χ3v) is 4.57. The average molecular weight is 591 g/mol. The fraction of sp³-hybridized carbons (Fsp3) is 0.471. The van der Waals surface area contributed by atoms with Crippen LogP contribution in [0.15, 0.2) is 31.7 Å². The summed E-state index contributed by atoms with van der Waals surface area (Å²) >= 11 is 10.5. The maximum Gasteiger partial charge on any atom is 0.420 e. The molecule has 2 rings (SSSR count). The Morgan fingerprint density at radius 3 is 2.24 bits per heavy atom. The molecule has 0 aromatic heterocycles. The maximum atomic E-state index is 13.0. The van der Waals surface area contributed by atoms with Gasteiger partial charge in [0, 0.05) is 18.1 Å². The minimum absolute atomic E-state index is 0.415. The second kappa shape index (κ2) is 9.09. The zero-order valence-corrected chi connectivity index (χ0v) is 19.5. The van der Waals surface area contributed by atoms with E-state index in [1.165, 1.54) is 0 Å². The van der Waals surface area contributed by atoms with Crippen LogP contribution in [0, 0.1) is 0 Å². The number of anilines is 1. The highest BCUT2D eigenvalue weighted by molar-refractivity contribution is 14.2. The van der Waals surface area contributed by atoms with Gasteiger partial charge in [0.25, 0.3) is 0 Å². The van der Waals surface area contributed by atoms with Crippen LogP contribution in [0.4, 0.5) is 10.5 Å². The van der Waals surface area contributed by atoms with E-state index in [1.807, 2.05) is 32.9 Å². The first kappa shape index (κ1) is 21.0. The van der Waals surface area contributed by atoms with E-state index in [2.05, 4.69) is 50.1 Å². The Hall–Kier alpha value is -0.260. The Labute approximate surface area is 180 Å². The predicted molar refractivity (Wildman–Crippen MR) is 118 cm³/mol. The van der Waals surface area contributed by atoms with E-state index < -0.39 is 11.7 Å². The number of hydrogen-bond acceptors (Lipinski definition) is 4. The van der Waals surface area contributed by atoms with Crippen LogP contribution in [0.25, 0.3) is 0 Å². The van der Waals surface area contributed by atoms with E-state index in [4.69, 9.17) is 21.1 Å². The van der Waals surface area contributed by atoms with Crippen LogP contribution in [0.1, 0.15) is 20.8 Å². The molecule has 1 aliphatic rings. The van der Waals surface area contributed by atoms with Crippen LogP contribution in [-0.4, -0.2) is 42.9 Å². The quantitative estimate of drug-likeness (QED) is 0.442. The lowest BCUT2D eigenvalue weighted by molar-refractivity contribution is 0.0445. The lowest BCUT2D eigenvalue weighted by Crippen LogP contribution is -2.46. The SMILES string of the molecule is CC(C)(C)OC(=O)N(C(=C(I)I)N1CCOCC1)c1ccc(Cl)cc1. The number of hydrogen-bond donors (Lipinski definition) is 0. The largest absolute Gasteiger partial charge is 0.443 e. The molecule has 1 fully saturated rings. The number of rotatable bonds is 3. The maximum absolute atomic E-state index is 13.0. The summed E-state index contributed by atoms with van der Waals surface area (Å²) in [5, 5.41) is 0.619. The molecule has 138 valence electrons. The molecule has 1 saturated heterocycles. The highest BCUT2D eigenvalue weighted by Gasteiger charge is 2.31. The number of halogens is 3. The molecule has 0 unspecified atom stereocenters. The molecule has 0 atom stereocenters. The molecule has 0 N–H and O–H groups in total. The van der Waals surface area contributed by atoms with Gasteiger partial charge in [-0.3, -0.25) is 0 Å². The summed E-state index contributed by atoms with van der Waals surface area (Å²) in [5.74, 6) is 0.807. The van der Waals surface area contributed by atoms with E-state index in [1.54, 1.807) is 17.0 Å². The van der Waals surface area contributed by atoms with Gasteiger partial charge in [0.1, 0.15) is 11.4 Å². The predicted octanol–water partition coefficient (Wildman–Crippen LogP) is 5.41. The standard InChI is InChI=1S/C17H21ClI2N2O3/c1-17(2,3)25-16(23)22(13-6-4-12(18)5-7-13)15(14(19)20)21-8-10-24-11-9-21/h4-7H,8-11H2,1-3H3. The van der Waals surface area contributed by atoms with Crippen LogP contribution < -0.4 is 4.90 Å². The fourth-order valence-corrected chi connectivity index (χ4v) is 3.62. The van der Waals surface area contributed by atoms with Gasteiger partial charge in [-0.05, 0) is 90.2 Å². The smallest absolute Gasteiger partial charge is 0.420 e. The molecule has 25 heavy (non-hydrogen) atoms. The molecule has 0 radical (unpaired) electrons. The van der Waals surface area contributed by atoms with Gasteiger partial charge >= 0.3 is 6.09 Å². The topological polar surface area (TPSA) is 42.0 Å².